The summed E-state index contributed by atoms with van der Waals surface area (Å²) < 4.78 is 13.3. The van der Waals surface area contributed by atoms with Gasteiger partial charge in [0.15, 0.2) is 0 Å². The van der Waals surface area contributed by atoms with Crippen molar-refractivity contribution in [3.8, 4) is 0 Å². The van der Waals surface area contributed by atoms with Gasteiger partial charge in [-0.3, -0.25) is 0 Å². The second-order valence-corrected chi connectivity index (χ2v) is 3.66. The first-order chi connectivity index (χ1) is 6.79. The Hall–Kier alpha value is -0.640. The van der Waals surface area contributed by atoms with E-state index in [0.717, 1.165) is 30.8 Å². The first kappa shape index (κ1) is 12.4. The van der Waals surface area contributed by atoms with Gasteiger partial charge in [0.05, 0.1) is 0 Å². The number of rotatable bonds is 1. The zero-order valence-electron chi connectivity index (χ0n) is 8.72. The lowest BCUT2D eigenvalue weighted by atomic mass is 10.00. The summed E-state index contributed by atoms with van der Waals surface area (Å²) in [5.41, 5.74) is 1.82. The van der Waals surface area contributed by atoms with Crippen molar-refractivity contribution in [1.29, 1.82) is 0 Å². The molecule has 0 radical (unpaired) electrons. The molecule has 4 heteroatoms. The van der Waals surface area contributed by atoms with Crippen molar-refractivity contribution in [3.63, 3.8) is 0 Å². The van der Waals surface area contributed by atoms with Crippen molar-refractivity contribution in [2.24, 2.45) is 0 Å². The first-order valence-electron chi connectivity index (χ1n) is 4.98. The zero-order chi connectivity index (χ0) is 9.97. The van der Waals surface area contributed by atoms with Gasteiger partial charge in [-0.2, -0.15) is 0 Å². The molecule has 0 aromatic heterocycles. The lowest BCUT2D eigenvalue weighted by molar-refractivity contribution is 0.427. The number of nitrogens with one attached hydrogen (secondary N) is 2. The van der Waals surface area contributed by atoms with Crippen LogP contribution < -0.4 is 10.6 Å². The largest absolute Gasteiger partial charge is 0.314 e. The molecule has 2 nitrogen and oxygen atoms in total. The summed E-state index contributed by atoms with van der Waals surface area (Å²) in [6, 6.07) is 5.52. The zero-order valence-corrected chi connectivity index (χ0v) is 9.53. The van der Waals surface area contributed by atoms with E-state index in [1.54, 1.807) is 6.07 Å². The molecule has 1 heterocycles. The summed E-state index contributed by atoms with van der Waals surface area (Å²) in [5.74, 6) is -0.116. The normalized spacial score (nSPS) is 20.8. The van der Waals surface area contributed by atoms with E-state index in [1.165, 1.54) is 6.07 Å². The third kappa shape index (κ3) is 2.68. The van der Waals surface area contributed by atoms with Crippen LogP contribution in [0.15, 0.2) is 18.2 Å². The van der Waals surface area contributed by atoms with Crippen molar-refractivity contribution < 1.29 is 4.39 Å². The molecule has 2 N–H and O–H groups in total. The van der Waals surface area contributed by atoms with Gasteiger partial charge >= 0.3 is 0 Å². The van der Waals surface area contributed by atoms with Crippen molar-refractivity contribution in [1.82, 2.24) is 10.6 Å². The summed E-state index contributed by atoms with van der Waals surface area (Å²) >= 11 is 0. The predicted octanol–water partition coefficient (Wildman–Crippen LogP) is 1.79. The molecule has 15 heavy (non-hydrogen) atoms. The second kappa shape index (κ2) is 5.45. The van der Waals surface area contributed by atoms with E-state index in [2.05, 4.69) is 10.6 Å². The average molecular weight is 231 g/mol. The molecule has 2 rings (SSSR count). The van der Waals surface area contributed by atoms with E-state index in [9.17, 15) is 4.39 Å². The molecule has 1 atom stereocenters. The first-order valence-corrected chi connectivity index (χ1v) is 4.98. The van der Waals surface area contributed by atoms with Gasteiger partial charge in [-0.15, -0.1) is 12.4 Å². The minimum atomic E-state index is -0.116. The van der Waals surface area contributed by atoms with Crippen LogP contribution in [0.5, 0.6) is 0 Å². The van der Waals surface area contributed by atoms with Crippen molar-refractivity contribution in [2.75, 3.05) is 19.6 Å². The minimum absolute atomic E-state index is 0. The van der Waals surface area contributed by atoms with Crippen LogP contribution >= 0.6 is 12.4 Å². The highest BCUT2D eigenvalue weighted by atomic mass is 35.5. The number of benzene rings is 1. The molecule has 0 aliphatic carbocycles. The summed E-state index contributed by atoms with van der Waals surface area (Å²) in [4.78, 5) is 0. The van der Waals surface area contributed by atoms with Crippen LogP contribution in [0.25, 0.3) is 0 Å². The topological polar surface area (TPSA) is 24.1 Å². The maximum absolute atomic E-state index is 13.3. The van der Waals surface area contributed by atoms with Crippen molar-refractivity contribution >= 4 is 12.4 Å². The van der Waals surface area contributed by atoms with E-state index in [4.69, 9.17) is 0 Å². The van der Waals surface area contributed by atoms with Crippen LogP contribution in [0, 0.1) is 12.7 Å². The summed E-state index contributed by atoms with van der Waals surface area (Å²) in [5, 5.41) is 6.67. The standard InChI is InChI=1S/C11H15FN2.ClH/c1-8-9(3-2-4-10(8)12)11-7-13-5-6-14-11;/h2-4,11,13-14H,5-7H2,1H3;1H/t11-;/m1./s1. The average Bonchev–Trinajstić information content (AvgIpc) is 2.23. The maximum atomic E-state index is 13.3. The minimum Gasteiger partial charge on any atom is -0.314 e. The van der Waals surface area contributed by atoms with Crippen LogP contribution in [-0.2, 0) is 0 Å². The Morgan fingerprint density at radius 2 is 2.13 bits per heavy atom. The Morgan fingerprint density at radius 1 is 1.33 bits per heavy atom. The molecule has 0 saturated carbocycles. The SMILES string of the molecule is Cc1c(F)cccc1[C@H]1CNCCN1.Cl. The van der Waals surface area contributed by atoms with Crippen LogP contribution in [0.3, 0.4) is 0 Å². The Labute approximate surface area is 95.7 Å². The predicted molar refractivity (Wildman–Crippen MR) is 62.0 cm³/mol. The Kier molecular flexibility index (Phi) is 4.51. The van der Waals surface area contributed by atoms with Crippen LogP contribution in [-0.4, -0.2) is 19.6 Å². The maximum Gasteiger partial charge on any atom is 0.126 e. The number of hydrogen-bond donors (Lipinski definition) is 2. The fourth-order valence-electron chi connectivity index (χ4n) is 1.87. The quantitative estimate of drug-likeness (QED) is 0.769. The highest BCUT2D eigenvalue weighted by Crippen LogP contribution is 2.20. The molecule has 1 aliphatic rings. The third-order valence-electron chi connectivity index (χ3n) is 2.73. The van der Waals surface area contributed by atoms with Gasteiger partial charge in [0.25, 0.3) is 0 Å². The van der Waals surface area contributed by atoms with Gasteiger partial charge in [-0.05, 0) is 24.1 Å². The molecular formula is C11H16ClFN2. The molecule has 1 fully saturated rings. The van der Waals surface area contributed by atoms with E-state index >= 15 is 0 Å². The summed E-state index contributed by atoms with van der Waals surface area (Å²) in [6.07, 6.45) is 0. The molecule has 0 bridgehead atoms. The van der Waals surface area contributed by atoms with E-state index in [1.807, 2.05) is 13.0 Å². The highest BCUT2D eigenvalue weighted by molar-refractivity contribution is 5.85. The molecule has 0 unspecified atom stereocenters. The van der Waals surface area contributed by atoms with Gasteiger partial charge < -0.3 is 10.6 Å². The lowest BCUT2D eigenvalue weighted by Gasteiger charge is -2.26. The molecule has 1 saturated heterocycles. The highest BCUT2D eigenvalue weighted by Gasteiger charge is 2.16. The summed E-state index contributed by atoms with van der Waals surface area (Å²) in [6.45, 7) is 4.65. The molecular weight excluding hydrogens is 215 g/mol. The lowest BCUT2D eigenvalue weighted by Crippen LogP contribution is -2.42. The number of hydrogen-bond acceptors (Lipinski definition) is 2. The van der Waals surface area contributed by atoms with Gasteiger partial charge in [0, 0.05) is 25.7 Å². The van der Waals surface area contributed by atoms with Gasteiger partial charge in [-0.1, -0.05) is 12.1 Å². The third-order valence-corrected chi connectivity index (χ3v) is 2.73. The number of piperazine rings is 1. The molecule has 1 aromatic rings. The summed E-state index contributed by atoms with van der Waals surface area (Å²) in [7, 11) is 0. The van der Waals surface area contributed by atoms with Gasteiger partial charge in [-0.25, -0.2) is 4.39 Å². The fourth-order valence-corrected chi connectivity index (χ4v) is 1.87. The molecule has 84 valence electrons. The van der Waals surface area contributed by atoms with Gasteiger partial charge in [0.1, 0.15) is 5.82 Å². The van der Waals surface area contributed by atoms with Crippen LogP contribution in [0.4, 0.5) is 4.39 Å². The van der Waals surface area contributed by atoms with Crippen molar-refractivity contribution in [3.05, 3.63) is 35.1 Å². The van der Waals surface area contributed by atoms with Gasteiger partial charge in [0.2, 0.25) is 0 Å². The Morgan fingerprint density at radius 3 is 2.80 bits per heavy atom. The van der Waals surface area contributed by atoms with E-state index in [0.29, 0.717) is 0 Å². The molecule has 0 amide bonds. The Balaban J connectivity index is 0.00000112. The molecule has 1 aliphatic heterocycles. The monoisotopic (exact) mass is 230 g/mol. The number of halogens is 2. The van der Waals surface area contributed by atoms with Crippen LogP contribution in [0.2, 0.25) is 0 Å². The van der Waals surface area contributed by atoms with E-state index < -0.39 is 0 Å². The molecule has 1 aromatic carbocycles. The second-order valence-electron chi connectivity index (χ2n) is 3.66. The molecule has 0 spiro atoms. The van der Waals surface area contributed by atoms with E-state index in [-0.39, 0.29) is 24.3 Å². The fraction of sp³-hybridized carbons (Fsp3) is 0.455. The van der Waals surface area contributed by atoms with Crippen LogP contribution in [0.1, 0.15) is 17.2 Å². The Bertz CT molecular complexity index is 324. The van der Waals surface area contributed by atoms with Crippen molar-refractivity contribution in [2.45, 2.75) is 13.0 Å². The smallest absolute Gasteiger partial charge is 0.126 e.